The molecule has 0 aromatic heterocycles. The van der Waals surface area contributed by atoms with Crippen LogP contribution in [0, 0.1) is 16.7 Å². The third-order valence-corrected chi connectivity index (χ3v) is 3.42. The summed E-state index contributed by atoms with van der Waals surface area (Å²) >= 11 is 1.19. The minimum atomic E-state index is 0.0883. The summed E-state index contributed by atoms with van der Waals surface area (Å²) < 4.78 is 0. The van der Waals surface area contributed by atoms with Gasteiger partial charge in [0.25, 0.3) is 0 Å². The van der Waals surface area contributed by atoms with Gasteiger partial charge < -0.3 is 4.90 Å². The van der Waals surface area contributed by atoms with Gasteiger partial charge in [-0.1, -0.05) is 0 Å². The van der Waals surface area contributed by atoms with Gasteiger partial charge in [0.05, 0.1) is 5.69 Å². The van der Waals surface area contributed by atoms with Crippen LogP contribution >= 0.6 is 11.8 Å². The van der Waals surface area contributed by atoms with Gasteiger partial charge in [-0.15, -0.1) is 11.8 Å². The molecule has 1 rings (SSSR count). The van der Waals surface area contributed by atoms with Crippen molar-refractivity contribution in [1.29, 1.82) is 10.7 Å². The van der Waals surface area contributed by atoms with Gasteiger partial charge in [0.2, 0.25) is 0 Å². The predicted molar refractivity (Wildman–Crippen MR) is 87.9 cm³/mol. The number of nitrogens with one attached hydrogen (secondary N) is 2. The Balaban J connectivity index is 2.78. The van der Waals surface area contributed by atoms with Crippen LogP contribution in [0.3, 0.4) is 0 Å². The molecular formula is C14H19N5S. The highest BCUT2D eigenvalue weighted by molar-refractivity contribution is 8.15. The van der Waals surface area contributed by atoms with Crippen LogP contribution in [0.1, 0.15) is 13.8 Å². The molecular weight excluding hydrogens is 270 g/mol. The largest absolute Gasteiger partial charge is 0.372 e. The molecule has 0 bridgehead atoms. The number of hydrogen-bond acceptors (Lipinski definition) is 6. The highest BCUT2D eigenvalue weighted by Gasteiger charge is 2.05. The molecule has 0 aliphatic rings. The van der Waals surface area contributed by atoms with E-state index >= 15 is 0 Å². The third-order valence-electron chi connectivity index (χ3n) is 2.82. The first kappa shape index (κ1) is 16.1. The monoisotopic (exact) mass is 289 g/mol. The second-order valence-corrected chi connectivity index (χ2v) is 4.75. The molecule has 6 heteroatoms. The number of nitriles is 1. The topological polar surface area (TPSA) is 75.3 Å². The molecule has 2 N–H and O–H groups in total. The summed E-state index contributed by atoms with van der Waals surface area (Å²) in [7, 11) is 0. The van der Waals surface area contributed by atoms with Crippen LogP contribution in [0.4, 0.5) is 11.4 Å². The molecule has 0 saturated carbocycles. The number of benzene rings is 1. The van der Waals surface area contributed by atoms with Gasteiger partial charge in [0, 0.05) is 18.8 Å². The van der Waals surface area contributed by atoms with E-state index in [1.54, 1.807) is 6.26 Å². The van der Waals surface area contributed by atoms with E-state index in [0.717, 1.165) is 24.5 Å². The molecule has 20 heavy (non-hydrogen) atoms. The zero-order valence-corrected chi connectivity index (χ0v) is 12.8. The fourth-order valence-electron chi connectivity index (χ4n) is 1.68. The van der Waals surface area contributed by atoms with Crippen molar-refractivity contribution in [2.24, 2.45) is 5.10 Å². The van der Waals surface area contributed by atoms with Crippen LogP contribution in [0.5, 0.6) is 0 Å². The SMILES string of the molecule is CCN(CC)c1ccc(N/N=C(/C#N)C(=N)SC)cc1. The summed E-state index contributed by atoms with van der Waals surface area (Å²) in [5.41, 5.74) is 4.84. The average Bonchev–Trinajstić information content (AvgIpc) is 2.50. The number of anilines is 2. The number of thioether (sulfide) groups is 1. The molecule has 0 saturated heterocycles. The highest BCUT2D eigenvalue weighted by Crippen LogP contribution is 2.17. The Hall–Kier alpha value is -2.00. The third kappa shape index (κ3) is 4.28. The van der Waals surface area contributed by atoms with Crippen LogP contribution in [-0.2, 0) is 0 Å². The lowest BCUT2D eigenvalue weighted by Gasteiger charge is -2.21. The summed E-state index contributed by atoms with van der Waals surface area (Å²) in [5.74, 6) is 0. The molecule has 0 radical (unpaired) electrons. The second-order valence-electron chi connectivity index (χ2n) is 3.94. The second kappa shape index (κ2) is 8.23. The number of rotatable bonds is 6. The molecule has 0 amide bonds. The van der Waals surface area contributed by atoms with Gasteiger partial charge in [-0.2, -0.15) is 10.4 Å². The van der Waals surface area contributed by atoms with Crippen molar-refractivity contribution in [2.45, 2.75) is 13.8 Å². The van der Waals surface area contributed by atoms with Crippen molar-refractivity contribution >= 4 is 33.9 Å². The minimum absolute atomic E-state index is 0.0883. The number of hydrogen-bond donors (Lipinski definition) is 2. The van der Waals surface area contributed by atoms with Crippen LogP contribution < -0.4 is 10.3 Å². The zero-order valence-electron chi connectivity index (χ0n) is 12.0. The van der Waals surface area contributed by atoms with E-state index in [0.29, 0.717) is 0 Å². The Morgan fingerprint density at radius 2 is 1.95 bits per heavy atom. The van der Waals surface area contributed by atoms with Crippen molar-refractivity contribution in [3.8, 4) is 6.07 Å². The maximum atomic E-state index is 8.90. The van der Waals surface area contributed by atoms with Crippen molar-refractivity contribution in [3.05, 3.63) is 24.3 Å². The molecule has 0 fully saturated rings. The molecule has 0 aliphatic heterocycles. The average molecular weight is 289 g/mol. The van der Waals surface area contributed by atoms with E-state index < -0.39 is 0 Å². The normalized spacial score (nSPS) is 10.8. The summed E-state index contributed by atoms with van der Waals surface area (Å²) in [4.78, 5) is 2.25. The molecule has 5 nitrogen and oxygen atoms in total. The molecule has 1 aromatic rings. The van der Waals surface area contributed by atoms with Gasteiger partial charge >= 0.3 is 0 Å². The molecule has 0 aliphatic carbocycles. The van der Waals surface area contributed by atoms with E-state index in [-0.39, 0.29) is 10.8 Å². The summed E-state index contributed by atoms with van der Waals surface area (Å²) in [6.45, 7) is 6.16. The molecule has 1 aromatic carbocycles. The molecule has 0 spiro atoms. The van der Waals surface area contributed by atoms with Crippen LogP contribution in [0.25, 0.3) is 0 Å². The predicted octanol–water partition coefficient (Wildman–Crippen LogP) is 3.16. The zero-order chi connectivity index (χ0) is 15.0. The van der Waals surface area contributed by atoms with Crippen LogP contribution in [0.15, 0.2) is 29.4 Å². The van der Waals surface area contributed by atoms with Crippen molar-refractivity contribution < 1.29 is 0 Å². The van der Waals surface area contributed by atoms with Crippen molar-refractivity contribution in [1.82, 2.24) is 0 Å². The molecule has 106 valence electrons. The van der Waals surface area contributed by atoms with E-state index in [2.05, 4.69) is 29.3 Å². The number of hydrazone groups is 1. The van der Waals surface area contributed by atoms with Crippen molar-refractivity contribution in [3.63, 3.8) is 0 Å². The standard InChI is InChI=1S/C14H19N5S/c1-4-19(5-2)12-8-6-11(7-9-12)17-18-13(10-15)14(16)20-3/h6-9,16-17H,4-5H2,1-3H3/b16-14?,18-13-. The Morgan fingerprint density at radius 3 is 2.40 bits per heavy atom. The first-order chi connectivity index (χ1) is 9.65. The molecule has 0 unspecified atom stereocenters. The smallest absolute Gasteiger partial charge is 0.192 e. The Labute approximate surface area is 124 Å². The van der Waals surface area contributed by atoms with E-state index in [4.69, 9.17) is 10.7 Å². The lowest BCUT2D eigenvalue weighted by molar-refractivity contribution is 0.866. The fourth-order valence-corrected chi connectivity index (χ4v) is 1.96. The maximum Gasteiger partial charge on any atom is 0.192 e. The first-order valence-corrected chi connectivity index (χ1v) is 7.60. The Kier molecular flexibility index (Phi) is 6.60. The molecule has 0 atom stereocenters. The number of nitrogens with zero attached hydrogens (tertiary/aromatic N) is 3. The lowest BCUT2D eigenvalue weighted by Crippen LogP contribution is -2.21. The van der Waals surface area contributed by atoms with E-state index in [1.807, 2.05) is 30.3 Å². The lowest BCUT2D eigenvalue weighted by atomic mass is 10.2. The van der Waals surface area contributed by atoms with Crippen LogP contribution in [0.2, 0.25) is 0 Å². The van der Waals surface area contributed by atoms with Gasteiger partial charge in [-0.05, 0) is 44.4 Å². The summed E-state index contributed by atoms with van der Waals surface area (Å²) in [6.07, 6.45) is 1.74. The molecule has 0 heterocycles. The van der Waals surface area contributed by atoms with Crippen LogP contribution in [-0.4, -0.2) is 30.1 Å². The minimum Gasteiger partial charge on any atom is -0.372 e. The Bertz CT molecular complexity index is 511. The van der Waals surface area contributed by atoms with Gasteiger partial charge in [0.1, 0.15) is 11.1 Å². The highest BCUT2D eigenvalue weighted by atomic mass is 32.2. The quantitative estimate of drug-likeness (QED) is 0.479. The fraction of sp³-hybridized carbons (Fsp3) is 0.357. The van der Waals surface area contributed by atoms with Gasteiger partial charge in [-0.25, -0.2) is 0 Å². The van der Waals surface area contributed by atoms with Gasteiger partial charge in [-0.3, -0.25) is 10.8 Å². The first-order valence-electron chi connectivity index (χ1n) is 6.37. The van der Waals surface area contributed by atoms with Crippen molar-refractivity contribution in [2.75, 3.05) is 29.7 Å². The van der Waals surface area contributed by atoms with E-state index in [9.17, 15) is 0 Å². The summed E-state index contributed by atoms with van der Waals surface area (Å²) in [5, 5.41) is 20.6. The maximum absolute atomic E-state index is 8.90. The van der Waals surface area contributed by atoms with Gasteiger partial charge in [0.15, 0.2) is 5.71 Å². The van der Waals surface area contributed by atoms with E-state index in [1.165, 1.54) is 11.8 Å². The Morgan fingerprint density at radius 1 is 1.35 bits per heavy atom. The summed E-state index contributed by atoms with van der Waals surface area (Å²) in [6, 6.07) is 9.75.